The van der Waals surface area contributed by atoms with Crippen molar-refractivity contribution in [3.63, 3.8) is 0 Å². The molecular weight excluding hydrogens is 212 g/mol. The molecule has 0 aromatic rings. The maximum atomic E-state index is 12.0. The largest absolute Gasteiger partial charge is 0.394 e. The summed E-state index contributed by atoms with van der Waals surface area (Å²) in [6.45, 7) is 1.29. The number of ether oxygens (including phenoxy) is 1. The number of carbonyl (C=O) groups is 2. The summed E-state index contributed by atoms with van der Waals surface area (Å²) in [5.74, 6) is -0.127. The molecule has 0 bridgehead atoms. The van der Waals surface area contributed by atoms with E-state index in [4.69, 9.17) is 9.84 Å². The van der Waals surface area contributed by atoms with Crippen LogP contribution in [0.4, 0.5) is 0 Å². The van der Waals surface area contributed by atoms with Crippen molar-refractivity contribution in [1.82, 2.24) is 10.2 Å². The van der Waals surface area contributed by atoms with Gasteiger partial charge in [0.1, 0.15) is 6.04 Å². The van der Waals surface area contributed by atoms with E-state index in [-0.39, 0.29) is 30.6 Å². The fourth-order valence-electron chi connectivity index (χ4n) is 2.05. The summed E-state index contributed by atoms with van der Waals surface area (Å²) in [7, 11) is 0. The fraction of sp³-hybridized carbons (Fsp3) is 0.800. The molecule has 2 saturated heterocycles. The Kier molecular flexibility index (Phi) is 3.40. The number of carbonyl (C=O) groups excluding carboxylic acids is 2. The first kappa shape index (κ1) is 11.3. The van der Waals surface area contributed by atoms with Crippen molar-refractivity contribution >= 4 is 11.8 Å². The highest BCUT2D eigenvalue weighted by Gasteiger charge is 2.33. The van der Waals surface area contributed by atoms with Crippen LogP contribution < -0.4 is 5.32 Å². The molecule has 16 heavy (non-hydrogen) atoms. The Bertz CT molecular complexity index is 295. The second-order valence-electron chi connectivity index (χ2n) is 4.12. The van der Waals surface area contributed by atoms with Crippen LogP contribution in [0.1, 0.15) is 12.8 Å². The molecule has 0 aliphatic carbocycles. The molecule has 2 amide bonds. The van der Waals surface area contributed by atoms with Crippen LogP contribution in [0.2, 0.25) is 0 Å². The molecule has 2 heterocycles. The minimum Gasteiger partial charge on any atom is -0.394 e. The number of hydrogen-bond donors (Lipinski definition) is 2. The number of nitrogens with one attached hydrogen (secondary N) is 1. The van der Waals surface area contributed by atoms with Crippen LogP contribution >= 0.6 is 0 Å². The van der Waals surface area contributed by atoms with Crippen molar-refractivity contribution in [3.8, 4) is 0 Å². The van der Waals surface area contributed by atoms with Gasteiger partial charge in [0.2, 0.25) is 11.8 Å². The lowest BCUT2D eigenvalue weighted by Crippen LogP contribution is -2.52. The predicted octanol–water partition coefficient (Wildman–Crippen LogP) is -1.52. The first-order chi connectivity index (χ1) is 7.70. The standard InChI is InChI=1S/C10H16N2O4/c13-6-7-5-12(3-4-16-7)10(15)8-1-2-9(14)11-8/h7-8,13H,1-6H2,(H,11,14). The highest BCUT2D eigenvalue weighted by molar-refractivity contribution is 5.90. The molecule has 2 aliphatic rings. The van der Waals surface area contributed by atoms with E-state index in [2.05, 4.69) is 5.32 Å². The molecule has 0 radical (unpaired) electrons. The number of amides is 2. The van der Waals surface area contributed by atoms with Gasteiger partial charge in [-0.3, -0.25) is 9.59 Å². The summed E-state index contributed by atoms with van der Waals surface area (Å²) < 4.78 is 5.26. The normalized spacial score (nSPS) is 30.3. The molecule has 90 valence electrons. The number of rotatable bonds is 2. The summed E-state index contributed by atoms with van der Waals surface area (Å²) in [5.41, 5.74) is 0. The van der Waals surface area contributed by atoms with Crippen LogP contribution in [0.5, 0.6) is 0 Å². The second-order valence-corrected chi connectivity index (χ2v) is 4.12. The van der Waals surface area contributed by atoms with Crippen molar-refractivity contribution in [3.05, 3.63) is 0 Å². The zero-order valence-corrected chi connectivity index (χ0v) is 9.02. The third-order valence-electron chi connectivity index (χ3n) is 2.95. The molecule has 2 atom stereocenters. The van der Waals surface area contributed by atoms with Crippen molar-refractivity contribution < 1.29 is 19.4 Å². The lowest BCUT2D eigenvalue weighted by Gasteiger charge is -2.33. The van der Waals surface area contributed by atoms with Crippen LogP contribution in [0.25, 0.3) is 0 Å². The summed E-state index contributed by atoms with van der Waals surface area (Å²) in [6.07, 6.45) is 0.693. The average Bonchev–Trinajstić information content (AvgIpc) is 2.75. The number of morpholine rings is 1. The molecule has 2 unspecified atom stereocenters. The quantitative estimate of drug-likeness (QED) is 0.602. The van der Waals surface area contributed by atoms with Gasteiger partial charge in [0, 0.05) is 19.5 Å². The minimum atomic E-state index is -0.384. The van der Waals surface area contributed by atoms with Crippen LogP contribution in [-0.4, -0.2) is 60.3 Å². The first-order valence-corrected chi connectivity index (χ1v) is 5.51. The molecule has 2 N–H and O–H groups in total. The Morgan fingerprint density at radius 3 is 3.06 bits per heavy atom. The van der Waals surface area contributed by atoms with Gasteiger partial charge in [0.25, 0.3) is 0 Å². The molecule has 6 heteroatoms. The maximum Gasteiger partial charge on any atom is 0.245 e. The predicted molar refractivity (Wildman–Crippen MR) is 54.6 cm³/mol. The van der Waals surface area contributed by atoms with Crippen molar-refractivity contribution in [2.75, 3.05) is 26.3 Å². The molecule has 0 aromatic carbocycles. The highest BCUT2D eigenvalue weighted by Crippen LogP contribution is 2.12. The van der Waals surface area contributed by atoms with E-state index in [0.717, 1.165) is 0 Å². The minimum absolute atomic E-state index is 0.0624. The second kappa shape index (κ2) is 4.80. The fourth-order valence-corrected chi connectivity index (χ4v) is 2.05. The van der Waals surface area contributed by atoms with Gasteiger partial charge in [0.15, 0.2) is 0 Å². The Morgan fingerprint density at radius 2 is 2.44 bits per heavy atom. The molecular formula is C10H16N2O4. The number of nitrogens with zero attached hydrogens (tertiary/aromatic N) is 1. The van der Waals surface area contributed by atoms with Crippen LogP contribution in [0, 0.1) is 0 Å². The Balaban J connectivity index is 1.91. The molecule has 6 nitrogen and oxygen atoms in total. The van der Waals surface area contributed by atoms with E-state index in [1.54, 1.807) is 4.90 Å². The smallest absolute Gasteiger partial charge is 0.245 e. The molecule has 0 spiro atoms. The summed E-state index contributed by atoms with van der Waals surface area (Å²) >= 11 is 0. The van der Waals surface area contributed by atoms with Crippen molar-refractivity contribution in [1.29, 1.82) is 0 Å². The monoisotopic (exact) mass is 228 g/mol. The van der Waals surface area contributed by atoms with E-state index in [1.807, 2.05) is 0 Å². The molecule has 2 aliphatic heterocycles. The molecule has 0 aromatic heterocycles. The summed E-state index contributed by atoms with van der Waals surface area (Å²) in [6, 6.07) is -0.384. The van der Waals surface area contributed by atoms with E-state index in [9.17, 15) is 9.59 Å². The van der Waals surface area contributed by atoms with Crippen molar-refractivity contribution in [2.45, 2.75) is 25.0 Å². The summed E-state index contributed by atoms with van der Waals surface area (Å²) in [5, 5.41) is 11.6. The van der Waals surface area contributed by atoms with Gasteiger partial charge in [-0.05, 0) is 6.42 Å². The van der Waals surface area contributed by atoms with Crippen LogP contribution in [0.15, 0.2) is 0 Å². The van der Waals surface area contributed by atoms with E-state index in [0.29, 0.717) is 32.5 Å². The molecule has 0 saturated carbocycles. The number of aliphatic hydroxyl groups is 1. The van der Waals surface area contributed by atoms with E-state index < -0.39 is 0 Å². The van der Waals surface area contributed by atoms with Gasteiger partial charge in [0.05, 0.1) is 19.3 Å². The Labute approximate surface area is 93.6 Å². The zero-order chi connectivity index (χ0) is 11.5. The van der Waals surface area contributed by atoms with Gasteiger partial charge < -0.3 is 20.1 Å². The van der Waals surface area contributed by atoms with Gasteiger partial charge in [-0.15, -0.1) is 0 Å². The van der Waals surface area contributed by atoms with Gasteiger partial charge in [-0.2, -0.15) is 0 Å². The Morgan fingerprint density at radius 1 is 1.62 bits per heavy atom. The van der Waals surface area contributed by atoms with Crippen molar-refractivity contribution in [2.24, 2.45) is 0 Å². The molecule has 2 fully saturated rings. The van der Waals surface area contributed by atoms with E-state index in [1.165, 1.54) is 0 Å². The average molecular weight is 228 g/mol. The third-order valence-corrected chi connectivity index (χ3v) is 2.95. The summed E-state index contributed by atoms with van der Waals surface area (Å²) in [4.78, 5) is 24.6. The SMILES string of the molecule is O=C1CCC(C(=O)N2CCOC(CO)C2)N1. The maximum absolute atomic E-state index is 12.0. The van der Waals surface area contributed by atoms with Gasteiger partial charge in [-0.25, -0.2) is 0 Å². The van der Waals surface area contributed by atoms with E-state index >= 15 is 0 Å². The van der Waals surface area contributed by atoms with Gasteiger partial charge in [-0.1, -0.05) is 0 Å². The lowest BCUT2D eigenvalue weighted by atomic mass is 10.2. The molecule has 2 rings (SSSR count). The number of aliphatic hydroxyl groups excluding tert-OH is 1. The first-order valence-electron chi connectivity index (χ1n) is 5.51. The zero-order valence-electron chi connectivity index (χ0n) is 9.02. The van der Waals surface area contributed by atoms with Crippen LogP contribution in [-0.2, 0) is 14.3 Å². The third kappa shape index (κ3) is 2.33. The van der Waals surface area contributed by atoms with Gasteiger partial charge >= 0.3 is 0 Å². The van der Waals surface area contributed by atoms with Crippen LogP contribution in [0.3, 0.4) is 0 Å². The topological polar surface area (TPSA) is 78.9 Å². The Hall–Kier alpha value is -1.14. The number of hydrogen-bond acceptors (Lipinski definition) is 4. The lowest BCUT2D eigenvalue weighted by molar-refractivity contribution is -0.142. The highest BCUT2D eigenvalue weighted by atomic mass is 16.5.